The van der Waals surface area contributed by atoms with Crippen molar-refractivity contribution in [1.29, 1.82) is 0 Å². The molecule has 82 valence electrons. The fourth-order valence-electron chi connectivity index (χ4n) is 1.22. The topological polar surface area (TPSA) is 76.3 Å². The number of nitro groups is 1. The summed E-state index contributed by atoms with van der Waals surface area (Å²) in [6.07, 6.45) is 0.895. The Morgan fingerprint density at radius 1 is 1.53 bits per heavy atom. The van der Waals surface area contributed by atoms with Crippen LogP contribution < -0.4 is 0 Å². The number of nitrogens with zero attached hydrogens (tertiary/aromatic N) is 2. The Labute approximate surface area is 87.9 Å². The maximum absolute atomic E-state index is 10.7. The highest BCUT2D eigenvalue weighted by molar-refractivity contribution is 5.39. The van der Waals surface area contributed by atoms with Gasteiger partial charge in [-0.25, -0.2) is 0 Å². The molecule has 15 heavy (non-hydrogen) atoms. The SMILES string of the molecule is Cc1cnc(C(C)C(C)O)cc1[N+](=O)[O-]. The van der Waals surface area contributed by atoms with Crippen molar-refractivity contribution in [2.45, 2.75) is 32.8 Å². The predicted octanol–water partition coefficient (Wildman–Crippen LogP) is 1.78. The van der Waals surface area contributed by atoms with Crippen LogP contribution in [0.25, 0.3) is 0 Å². The van der Waals surface area contributed by atoms with E-state index < -0.39 is 11.0 Å². The summed E-state index contributed by atoms with van der Waals surface area (Å²) >= 11 is 0. The molecule has 0 aliphatic carbocycles. The van der Waals surface area contributed by atoms with E-state index in [1.165, 1.54) is 12.3 Å². The molecule has 0 saturated carbocycles. The van der Waals surface area contributed by atoms with E-state index in [9.17, 15) is 15.2 Å². The van der Waals surface area contributed by atoms with Crippen LogP contribution in [0.4, 0.5) is 5.69 Å². The van der Waals surface area contributed by atoms with E-state index in [1.54, 1.807) is 20.8 Å². The van der Waals surface area contributed by atoms with Gasteiger partial charge in [0.2, 0.25) is 0 Å². The molecule has 0 fully saturated rings. The molecule has 2 unspecified atom stereocenters. The summed E-state index contributed by atoms with van der Waals surface area (Å²) < 4.78 is 0. The largest absolute Gasteiger partial charge is 0.393 e. The minimum absolute atomic E-state index is 0.0486. The summed E-state index contributed by atoms with van der Waals surface area (Å²) in [7, 11) is 0. The first-order chi connectivity index (χ1) is 6.93. The number of rotatable bonds is 3. The molecule has 1 aromatic heterocycles. The van der Waals surface area contributed by atoms with E-state index in [0.29, 0.717) is 11.3 Å². The van der Waals surface area contributed by atoms with Crippen molar-refractivity contribution in [3.05, 3.63) is 33.6 Å². The Balaban J connectivity index is 3.13. The normalized spacial score (nSPS) is 14.7. The lowest BCUT2D eigenvalue weighted by molar-refractivity contribution is -0.385. The number of aryl methyl sites for hydroxylation is 1. The van der Waals surface area contributed by atoms with E-state index in [4.69, 9.17) is 0 Å². The third-order valence-corrected chi connectivity index (χ3v) is 2.48. The van der Waals surface area contributed by atoms with Gasteiger partial charge in [0, 0.05) is 23.7 Å². The van der Waals surface area contributed by atoms with Gasteiger partial charge in [0.25, 0.3) is 5.69 Å². The van der Waals surface area contributed by atoms with Gasteiger partial charge >= 0.3 is 0 Å². The lowest BCUT2D eigenvalue weighted by Crippen LogP contribution is -2.13. The molecule has 5 nitrogen and oxygen atoms in total. The number of hydrogen-bond acceptors (Lipinski definition) is 4. The summed E-state index contributed by atoms with van der Waals surface area (Å²) in [5.74, 6) is -0.204. The molecule has 2 atom stereocenters. The van der Waals surface area contributed by atoms with Crippen molar-refractivity contribution in [1.82, 2.24) is 4.98 Å². The van der Waals surface area contributed by atoms with Gasteiger partial charge in [-0.3, -0.25) is 15.1 Å². The van der Waals surface area contributed by atoms with Crippen LogP contribution in [-0.4, -0.2) is 21.1 Å². The maximum Gasteiger partial charge on any atom is 0.275 e. The number of aliphatic hydroxyl groups excluding tert-OH is 1. The van der Waals surface area contributed by atoms with E-state index in [2.05, 4.69) is 4.98 Å². The fourth-order valence-corrected chi connectivity index (χ4v) is 1.22. The third-order valence-electron chi connectivity index (χ3n) is 2.48. The molecule has 1 rings (SSSR count). The Hall–Kier alpha value is -1.49. The van der Waals surface area contributed by atoms with Gasteiger partial charge in [0.05, 0.1) is 16.7 Å². The molecule has 5 heteroatoms. The van der Waals surface area contributed by atoms with Crippen molar-refractivity contribution >= 4 is 5.69 Å². The summed E-state index contributed by atoms with van der Waals surface area (Å²) in [4.78, 5) is 14.3. The number of aromatic nitrogens is 1. The van der Waals surface area contributed by atoms with Crippen LogP contribution in [0, 0.1) is 17.0 Å². The van der Waals surface area contributed by atoms with Crippen molar-refractivity contribution < 1.29 is 10.0 Å². The van der Waals surface area contributed by atoms with Crippen molar-refractivity contribution in [2.24, 2.45) is 0 Å². The summed E-state index contributed by atoms with van der Waals surface area (Å²) in [6.45, 7) is 5.06. The van der Waals surface area contributed by atoms with Gasteiger partial charge in [-0.2, -0.15) is 0 Å². The minimum Gasteiger partial charge on any atom is -0.393 e. The Bertz CT molecular complexity index is 377. The average Bonchev–Trinajstić information content (AvgIpc) is 2.16. The van der Waals surface area contributed by atoms with Crippen LogP contribution in [-0.2, 0) is 0 Å². The molecular weight excluding hydrogens is 196 g/mol. The minimum atomic E-state index is -0.570. The average molecular weight is 210 g/mol. The summed E-state index contributed by atoms with van der Waals surface area (Å²) in [5.41, 5.74) is 1.12. The molecule has 1 N–H and O–H groups in total. The zero-order chi connectivity index (χ0) is 11.6. The number of aliphatic hydroxyl groups is 1. The van der Waals surface area contributed by atoms with Crippen molar-refractivity contribution in [2.75, 3.05) is 0 Å². The molecular formula is C10H14N2O3. The van der Waals surface area contributed by atoms with Gasteiger partial charge in [0.1, 0.15) is 0 Å². The van der Waals surface area contributed by atoms with Crippen LogP contribution in [0.5, 0.6) is 0 Å². The van der Waals surface area contributed by atoms with Gasteiger partial charge in [-0.1, -0.05) is 6.92 Å². The van der Waals surface area contributed by atoms with E-state index in [-0.39, 0.29) is 11.6 Å². The highest BCUT2D eigenvalue weighted by Crippen LogP contribution is 2.23. The lowest BCUT2D eigenvalue weighted by atomic mass is 10.0. The zero-order valence-electron chi connectivity index (χ0n) is 8.97. The lowest BCUT2D eigenvalue weighted by Gasteiger charge is -2.13. The molecule has 1 aromatic rings. The fraction of sp³-hybridized carbons (Fsp3) is 0.500. The monoisotopic (exact) mass is 210 g/mol. The first kappa shape index (κ1) is 11.6. The van der Waals surface area contributed by atoms with Crippen LogP contribution in [0.3, 0.4) is 0 Å². The van der Waals surface area contributed by atoms with Gasteiger partial charge in [-0.05, 0) is 13.8 Å². The highest BCUT2D eigenvalue weighted by Gasteiger charge is 2.18. The molecule has 0 aromatic carbocycles. The number of hydrogen-bond donors (Lipinski definition) is 1. The van der Waals surface area contributed by atoms with Crippen molar-refractivity contribution in [3.63, 3.8) is 0 Å². The van der Waals surface area contributed by atoms with Crippen LogP contribution >= 0.6 is 0 Å². The second kappa shape index (κ2) is 4.35. The summed E-state index contributed by atoms with van der Waals surface area (Å²) in [6, 6.07) is 1.42. The second-order valence-electron chi connectivity index (χ2n) is 3.68. The molecule has 1 heterocycles. The Kier molecular flexibility index (Phi) is 3.36. The van der Waals surface area contributed by atoms with Crippen LogP contribution in [0.1, 0.15) is 31.0 Å². The molecule has 0 amide bonds. The van der Waals surface area contributed by atoms with Crippen molar-refractivity contribution in [3.8, 4) is 0 Å². The maximum atomic E-state index is 10.7. The third kappa shape index (κ3) is 2.50. The number of pyridine rings is 1. The molecule has 0 aliphatic heterocycles. The molecule has 0 spiro atoms. The molecule has 0 radical (unpaired) electrons. The predicted molar refractivity (Wildman–Crippen MR) is 55.7 cm³/mol. The smallest absolute Gasteiger partial charge is 0.275 e. The second-order valence-corrected chi connectivity index (χ2v) is 3.68. The zero-order valence-corrected chi connectivity index (χ0v) is 8.97. The van der Waals surface area contributed by atoms with Gasteiger partial charge in [0.15, 0.2) is 0 Å². The first-order valence-electron chi connectivity index (χ1n) is 4.72. The van der Waals surface area contributed by atoms with E-state index >= 15 is 0 Å². The summed E-state index contributed by atoms with van der Waals surface area (Å²) in [5, 5.41) is 20.0. The Morgan fingerprint density at radius 2 is 2.13 bits per heavy atom. The Morgan fingerprint density at radius 3 is 2.60 bits per heavy atom. The van der Waals surface area contributed by atoms with E-state index in [1.807, 2.05) is 0 Å². The molecule has 0 bridgehead atoms. The van der Waals surface area contributed by atoms with Gasteiger partial charge in [-0.15, -0.1) is 0 Å². The van der Waals surface area contributed by atoms with Gasteiger partial charge < -0.3 is 5.11 Å². The first-order valence-corrected chi connectivity index (χ1v) is 4.72. The molecule has 0 aliphatic rings. The van der Waals surface area contributed by atoms with Crippen LogP contribution in [0.15, 0.2) is 12.3 Å². The molecule has 0 saturated heterocycles. The quantitative estimate of drug-likeness (QED) is 0.609. The van der Waals surface area contributed by atoms with E-state index in [0.717, 1.165) is 0 Å². The standard InChI is InChI=1S/C10H14N2O3/c1-6-5-11-9(7(2)8(3)13)4-10(6)12(14)15/h4-5,7-8,13H,1-3H3. The highest BCUT2D eigenvalue weighted by atomic mass is 16.6. The van der Waals surface area contributed by atoms with Crippen LogP contribution in [0.2, 0.25) is 0 Å².